The molecule has 0 aromatic rings. The summed E-state index contributed by atoms with van der Waals surface area (Å²) < 4.78 is 0. The fourth-order valence-corrected chi connectivity index (χ4v) is 2.21. The second-order valence-corrected chi connectivity index (χ2v) is 5.13. The maximum absolute atomic E-state index is 12.0. The molecule has 0 spiro atoms. The molecule has 0 saturated carbocycles. The summed E-state index contributed by atoms with van der Waals surface area (Å²) in [5.41, 5.74) is 5.27. The predicted octanol–water partition coefficient (Wildman–Crippen LogP) is 0.761. The van der Waals surface area contributed by atoms with Crippen LogP contribution in [0, 0.1) is 0 Å². The van der Waals surface area contributed by atoms with Gasteiger partial charge in [-0.25, -0.2) is 0 Å². The standard InChI is InChI=1S/C12H25N3O/c1-4-7-12(3,13)11(16)15-10-6-5-8-14-9(10)2/h9-10,14H,4-8,13H2,1-3H3,(H,15,16). The Bertz CT molecular complexity index is 240. The van der Waals surface area contributed by atoms with Crippen molar-refractivity contribution in [2.24, 2.45) is 5.73 Å². The molecule has 0 radical (unpaired) electrons. The van der Waals surface area contributed by atoms with Crippen LogP contribution in [0.1, 0.15) is 46.5 Å². The minimum atomic E-state index is -0.730. The van der Waals surface area contributed by atoms with E-state index >= 15 is 0 Å². The van der Waals surface area contributed by atoms with E-state index in [1.165, 1.54) is 0 Å². The summed E-state index contributed by atoms with van der Waals surface area (Å²) in [4.78, 5) is 12.0. The number of amides is 1. The Morgan fingerprint density at radius 1 is 1.62 bits per heavy atom. The number of rotatable bonds is 4. The van der Waals surface area contributed by atoms with E-state index in [-0.39, 0.29) is 11.9 Å². The Hall–Kier alpha value is -0.610. The summed E-state index contributed by atoms with van der Waals surface area (Å²) in [6.45, 7) is 7.01. The number of hydrogen-bond donors (Lipinski definition) is 3. The Labute approximate surface area is 98.3 Å². The van der Waals surface area contributed by atoms with Crippen LogP contribution in [0.15, 0.2) is 0 Å². The molecule has 0 aromatic carbocycles. The van der Waals surface area contributed by atoms with Gasteiger partial charge in [0.05, 0.1) is 5.54 Å². The highest BCUT2D eigenvalue weighted by atomic mass is 16.2. The number of piperidine rings is 1. The van der Waals surface area contributed by atoms with Crippen molar-refractivity contribution in [3.63, 3.8) is 0 Å². The SMILES string of the molecule is CCCC(C)(N)C(=O)NC1CCCNC1C. The van der Waals surface area contributed by atoms with Crippen LogP contribution in [0.5, 0.6) is 0 Å². The number of carbonyl (C=O) groups excluding carboxylic acids is 1. The van der Waals surface area contributed by atoms with Gasteiger partial charge in [-0.15, -0.1) is 0 Å². The lowest BCUT2D eigenvalue weighted by Crippen LogP contribution is -2.59. The molecule has 1 saturated heterocycles. The third kappa shape index (κ3) is 3.46. The summed E-state index contributed by atoms with van der Waals surface area (Å²) in [5, 5.41) is 6.43. The first-order valence-corrected chi connectivity index (χ1v) is 6.30. The zero-order valence-electron chi connectivity index (χ0n) is 10.7. The lowest BCUT2D eigenvalue weighted by Gasteiger charge is -2.33. The molecule has 1 aliphatic heterocycles. The van der Waals surface area contributed by atoms with Crippen LogP contribution < -0.4 is 16.4 Å². The minimum absolute atomic E-state index is 0.0186. The maximum atomic E-state index is 12.0. The van der Waals surface area contributed by atoms with Crippen LogP contribution in [0.4, 0.5) is 0 Å². The average molecular weight is 227 g/mol. The molecule has 1 fully saturated rings. The highest BCUT2D eigenvalue weighted by Gasteiger charge is 2.31. The van der Waals surface area contributed by atoms with Crippen LogP contribution in [-0.2, 0) is 4.79 Å². The molecular formula is C12H25N3O. The first-order valence-electron chi connectivity index (χ1n) is 6.30. The van der Waals surface area contributed by atoms with Crippen LogP contribution in [0.3, 0.4) is 0 Å². The fourth-order valence-electron chi connectivity index (χ4n) is 2.21. The van der Waals surface area contributed by atoms with Gasteiger partial charge in [0, 0.05) is 12.1 Å². The molecule has 4 nitrogen and oxygen atoms in total. The molecule has 4 heteroatoms. The molecule has 16 heavy (non-hydrogen) atoms. The zero-order valence-corrected chi connectivity index (χ0v) is 10.7. The molecule has 0 bridgehead atoms. The first kappa shape index (κ1) is 13.5. The number of carbonyl (C=O) groups is 1. The van der Waals surface area contributed by atoms with Gasteiger partial charge in [-0.2, -0.15) is 0 Å². The van der Waals surface area contributed by atoms with Gasteiger partial charge in [0.15, 0.2) is 0 Å². The molecule has 1 amide bonds. The molecule has 0 aliphatic carbocycles. The summed E-state index contributed by atoms with van der Waals surface area (Å²) in [6, 6.07) is 0.566. The molecule has 1 rings (SSSR count). The van der Waals surface area contributed by atoms with Gasteiger partial charge in [-0.1, -0.05) is 13.3 Å². The van der Waals surface area contributed by atoms with E-state index < -0.39 is 5.54 Å². The van der Waals surface area contributed by atoms with Gasteiger partial charge in [-0.3, -0.25) is 4.79 Å². The molecule has 0 aromatic heterocycles. The summed E-state index contributed by atoms with van der Waals surface area (Å²) in [5.74, 6) is -0.0186. The third-order valence-corrected chi connectivity index (χ3v) is 3.37. The molecule has 94 valence electrons. The van der Waals surface area contributed by atoms with E-state index in [1.807, 2.05) is 13.8 Å². The average Bonchev–Trinajstić information content (AvgIpc) is 2.21. The van der Waals surface area contributed by atoms with E-state index in [0.717, 1.165) is 32.2 Å². The van der Waals surface area contributed by atoms with Crippen LogP contribution in [-0.4, -0.2) is 30.1 Å². The first-order chi connectivity index (χ1) is 7.47. The van der Waals surface area contributed by atoms with E-state index in [9.17, 15) is 4.79 Å². The summed E-state index contributed by atoms with van der Waals surface area (Å²) >= 11 is 0. The smallest absolute Gasteiger partial charge is 0.240 e. The minimum Gasteiger partial charge on any atom is -0.350 e. The van der Waals surface area contributed by atoms with Gasteiger partial charge in [0.25, 0.3) is 0 Å². The van der Waals surface area contributed by atoms with Crippen molar-refractivity contribution < 1.29 is 4.79 Å². The predicted molar refractivity (Wildman–Crippen MR) is 66.1 cm³/mol. The second-order valence-electron chi connectivity index (χ2n) is 5.13. The fraction of sp³-hybridized carbons (Fsp3) is 0.917. The van der Waals surface area contributed by atoms with Crippen LogP contribution >= 0.6 is 0 Å². The summed E-state index contributed by atoms with van der Waals surface area (Å²) in [7, 11) is 0. The highest BCUT2D eigenvalue weighted by Crippen LogP contribution is 2.12. The molecule has 1 heterocycles. The van der Waals surface area contributed by atoms with Crippen molar-refractivity contribution in [3.8, 4) is 0 Å². The largest absolute Gasteiger partial charge is 0.350 e. The topological polar surface area (TPSA) is 67.2 Å². The third-order valence-electron chi connectivity index (χ3n) is 3.37. The van der Waals surface area contributed by atoms with E-state index in [1.54, 1.807) is 0 Å². The normalized spacial score (nSPS) is 29.5. The molecule has 1 aliphatic rings. The monoisotopic (exact) mass is 227 g/mol. The van der Waals surface area contributed by atoms with Gasteiger partial charge < -0.3 is 16.4 Å². The van der Waals surface area contributed by atoms with Gasteiger partial charge >= 0.3 is 0 Å². The lowest BCUT2D eigenvalue weighted by molar-refractivity contribution is -0.127. The quantitative estimate of drug-likeness (QED) is 0.664. The van der Waals surface area contributed by atoms with Gasteiger partial charge in [0.2, 0.25) is 5.91 Å². The van der Waals surface area contributed by atoms with Crippen molar-refractivity contribution >= 4 is 5.91 Å². The Morgan fingerprint density at radius 3 is 2.88 bits per heavy atom. The summed E-state index contributed by atoms with van der Waals surface area (Å²) in [6.07, 6.45) is 3.82. The van der Waals surface area contributed by atoms with Crippen molar-refractivity contribution in [1.29, 1.82) is 0 Å². The molecular weight excluding hydrogens is 202 g/mol. The van der Waals surface area contributed by atoms with Crippen LogP contribution in [0.25, 0.3) is 0 Å². The molecule has 3 atom stereocenters. The Kier molecular flexibility index (Phi) is 4.74. The Morgan fingerprint density at radius 2 is 2.31 bits per heavy atom. The van der Waals surface area contributed by atoms with Crippen molar-refractivity contribution in [2.45, 2.75) is 64.1 Å². The Balaban J connectivity index is 2.49. The highest BCUT2D eigenvalue weighted by molar-refractivity contribution is 5.85. The molecule has 3 unspecified atom stereocenters. The number of nitrogens with one attached hydrogen (secondary N) is 2. The zero-order chi connectivity index (χ0) is 12.2. The van der Waals surface area contributed by atoms with Crippen molar-refractivity contribution in [3.05, 3.63) is 0 Å². The number of hydrogen-bond acceptors (Lipinski definition) is 3. The number of nitrogens with two attached hydrogens (primary N) is 1. The van der Waals surface area contributed by atoms with Crippen LogP contribution in [0.2, 0.25) is 0 Å². The molecule has 4 N–H and O–H groups in total. The van der Waals surface area contributed by atoms with E-state index in [2.05, 4.69) is 17.6 Å². The van der Waals surface area contributed by atoms with Crippen molar-refractivity contribution in [1.82, 2.24) is 10.6 Å². The van der Waals surface area contributed by atoms with Crippen molar-refractivity contribution in [2.75, 3.05) is 6.54 Å². The van der Waals surface area contributed by atoms with Gasteiger partial charge in [-0.05, 0) is 39.7 Å². The van der Waals surface area contributed by atoms with E-state index in [0.29, 0.717) is 6.04 Å². The van der Waals surface area contributed by atoms with Gasteiger partial charge in [0.1, 0.15) is 0 Å². The second kappa shape index (κ2) is 5.64. The van der Waals surface area contributed by atoms with E-state index in [4.69, 9.17) is 5.73 Å². The lowest BCUT2D eigenvalue weighted by atomic mass is 9.94. The maximum Gasteiger partial charge on any atom is 0.240 e.